The van der Waals surface area contributed by atoms with Gasteiger partial charge in [-0.25, -0.2) is 4.98 Å². The third-order valence-corrected chi connectivity index (χ3v) is 1.15. The molecule has 11 heavy (non-hydrogen) atoms. The van der Waals surface area contributed by atoms with Crippen molar-refractivity contribution in [3.05, 3.63) is 24.8 Å². The van der Waals surface area contributed by atoms with Gasteiger partial charge in [-0.2, -0.15) is 13.2 Å². The second-order valence-electron chi connectivity index (χ2n) is 1.87. The lowest BCUT2D eigenvalue weighted by atomic mass is 10.4. The van der Waals surface area contributed by atoms with Crippen LogP contribution in [0.2, 0.25) is 0 Å². The molecule has 2 nitrogen and oxygen atoms in total. The maximum Gasteiger partial charge on any atom is 0.433 e. The second-order valence-corrected chi connectivity index (χ2v) is 1.87. The molecule has 0 amide bonds. The number of imidazole rings is 1. The summed E-state index contributed by atoms with van der Waals surface area (Å²) in [4.78, 5) is 3.33. The zero-order valence-electron chi connectivity index (χ0n) is 5.47. The van der Waals surface area contributed by atoms with Crippen molar-refractivity contribution in [2.75, 3.05) is 0 Å². The molecule has 1 aromatic heterocycles. The lowest BCUT2D eigenvalue weighted by Crippen LogP contribution is -2.09. The molecule has 0 aliphatic heterocycles. The Morgan fingerprint density at radius 1 is 1.55 bits per heavy atom. The third kappa shape index (κ3) is 1.42. The molecule has 1 aromatic rings. The number of alkyl halides is 3. The van der Waals surface area contributed by atoms with E-state index in [0.29, 0.717) is 0 Å². The Morgan fingerprint density at radius 3 is 2.55 bits per heavy atom. The van der Waals surface area contributed by atoms with E-state index in [0.717, 1.165) is 23.3 Å². The van der Waals surface area contributed by atoms with Gasteiger partial charge in [0.25, 0.3) is 0 Å². The van der Waals surface area contributed by atoms with E-state index in [2.05, 4.69) is 11.6 Å². The van der Waals surface area contributed by atoms with E-state index in [1.807, 2.05) is 0 Å². The molecule has 0 N–H and O–H groups in total. The molecule has 60 valence electrons. The fourth-order valence-corrected chi connectivity index (χ4v) is 0.670. The fourth-order valence-electron chi connectivity index (χ4n) is 0.670. The summed E-state index contributed by atoms with van der Waals surface area (Å²) >= 11 is 0. The Bertz CT molecular complexity index is 261. The smallest absolute Gasteiger partial charge is 0.303 e. The highest BCUT2D eigenvalue weighted by Gasteiger charge is 2.33. The van der Waals surface area contributed by atoms with Crippen LogP contribution in [-0.4, -0.2) is 9.55 Å². The van der Waals surface area contributed by atoms with Crippen LogP contribution in [0.4, 0.5) is 13.2 Å². The first-order valence-electron chi connectivity index (χ1n) is 2.77. The van der Waals surface area contributed by atoms with Crippen molar-refractivity contribution >= 4 is 6.20 Å². The number of halogens is 3. The number of hydrogen-bond donors (Lipinski definition) is 0. The predicted octanol–water partition coefficient (Wildman–Crippen LogP) is 2.00. The van der Waals surface area contributed by atoms with Crippen LogP contribution in [0.3, 0.4) is 0 Å². The van der Waals surface area contributed by atoms with Crippen molar-refractivity contribution in [1.82, 2.24) is 9.55 Å². The summed E-state index contributed by atoms with van der Waals surface area (Å²) in [5, 5.41) is 0. The Hall–Kier alpha value is -1.26. The summed E-state index contributed by atoms with van der Waals surface area (Å²) in [6.45, 7) is 3.20. The fraction of sp³-hybridized carbons (Fsp3) is 0.167. The third-order valence-electron chi connectivity index (χ3n) is 1.15. The molecule has 0 saturated heterocycles. The number of rotatable bonds is 1. The Labute approximate surface area is 61.0 Å². The maximum atomic E-state index is 12.0. The van der Waals surface area contributed by atoms with Gasteiger partial charge in [-0.1, -0.05) is 6.58 Å². The van der Waals surface area contributed by atoms with Crippen LogP contribution in [0.1, 0.15) is 5.69 Å². The molecule has 1 heterocycles. The predicted molar refractivity (Wildman–Crippen MR) is 33.6 cm³/mol. The molecule has 5 heteroatoms. The summed E-state index contributed by atoms with van der Waals surface area (Å²) in [6.07, 6.45) is -1.50. The van der Waals surface area contributed by atoms with E-state index in [9.17, 15) is 13.2 Å². The van der Waals surface area contributed by atoms with Gasteiger partial charge in [0.2, 0.25) is 0 Å². The molecular formula is C6H5F3N2. The van der Waals surface area contributed by atoms with Crippen molar-refractivity contribution in [3.8, 4) is 0 Å². The van der Waals surface area contributed by atoms with E-state index in [-0.39, 0.29) is 0 Å². The highest BCUT2D eigenvalue weighted by molar-refractivity contribution is 5.22. The van der Waals surface area contributed by atoms with Crippen LogP contribution >= 0.6 is 0 Å². The first-order chi connectivity index (χ1) is 5.05. The normalized spacial score (nSPS) is 11.5. The first-order valence-corrected chi connectivity index (χ1v) is 2.77. The SMILES string of the molecule is C=Cn1cncc1C(F)(F)F. The minimum Gasteiger partial charge on any atom is -0.303 e. The zero-order chi connectivity index (χ0) is 8.48. The van der Waals surface area contributed by atoms with Gasteiger partial charge in [-0.05, 0) is 0 Å². The molecule has 1 rings (SSSR count). The van der Waals surface area contributed by atoms with Crippen LogP contribution in [0, 0.1) is 0 Å². The molecule has 0 saturated carbocycles. The average molecular weight is 162 g/mol. The van der Waals surface area contributed by atoms with Crippen molar-refractivity contribution < 1.29 is 13.2 Å². The van der Waals surface area contributed by atoms with Crippen molar-refractivity contribution in [2.24, 2.45) is 0 Å². The van der Waals surface area contributed by atoms with Gasteiger partial charge in [0.15, 0.2) is 0 Å². The van der Waals surface area contributed by atoms with Crippen LogP contribution in [0.25, 0.3) is 6.20 Å². The van der Waals surface area contributed by atoms with Crippen molar-refractivity contribution in [1.29, 1.82) is 0 Å². The van der Waals surface area contributed by atoms with Gasteiger partial charge in [0.1, 0.15) is 5.69 Å². The van der Waals surface area contributed by atoms with E-state index in [1.165, 1.54) is 0 Å². The standard InChI is InChI=1S/C6H5F3N2/c1-2-11-4-10-3-5(11)6(7,8)9/h2-4H,1H2. The van der Waals surface area contributed by atoms with E-state index < -0.39 is 11.9 Å². The maximum absolute atomic E-state index is 12.0. The quantitative estimate of drug-likeness (QED) is 0.617. The monoisotopic (exact) mass is 162 g/mol. The van der Waals surface area contributed by atoms with E-state index in [1.54, 1.807) is 0 Å². The zero-order valence-corrected chi connectivity index (χ0v) is 5.47. The molecule has 0 aliphatic rings. The molecule has 0 bridgehead atoms. The minimum absolute atomic E-state index is 0.752. The molecule has 0 unspecified atom stereocenters. The summed E-state index contributed by atoms with van der Waals surface area (Å²) in [5.41, 5.74) is -0.812. The summed E-state index contributed by atoms with van der Waals surface area (Å²) < 4.78 is 36.7. The van der Waals surface area contributed by atoms with Gasteiger partial charge in [0.05, 0.1) is 12.5 Å². The molecule has 0 spiro atoms. The molecule has 0 aliphatic carbocycles. The Kier molecular flexibility index (Phi) is 1.72. The van der Waals surface area contributed by atoms with Gasteiger partial charge in [-0.3, -0.25) is 0 Å². The van der Waals surface area contributed by atoms with Gasteiger partial charge in [-0.15, -0.1) is 0 Å². The molecule has 0 aromatic carbocycles. The van der Waals surface area contributed by atoms with E-state index >= 15 is 0 Å². The van der Waals surface area contributed by atoms with Crippen molar-refractivity contribution in [2.45, 2.75) is 6.18 Å². The minimum atomic E-state index is -4.36. The van der Waals surface area contributed by atoms with E-state index in [4.69, 9.17) is 0 Å². The average Bonchev–Trinajstić information content (AvgIpc) is 2.31. The van der Waals surface area contributed by atoms with Crippen LogP contribution in [0.5, 0.6) is 0 Å². The summed E-state index contributed by atoms with van der Waals surface area (Å²) in [7, 11) is 0. The van der Waals surface area contributed by atoms with Gasteiger partial charge in [0, 0.05) is 6.20 Å². The molecule has 0 atom stereocenters. The first kappa shape index (κ1) is 7.84. The Morgan fingerprint density at radius 2 is 2.18 bits per heavy atom. The lowest BCUT2D eigenvalue weighted by molar-refractivity contribution is -0.142. The molecule has 0 fully saturated rings. The largest absolute Gasteiger partial charge is 0.433 e. The molecule has 0 radical (unpaired) electrons. The number of hydrogen-bond acceptors (Lipinski definition) is 1. The topological polar surface area (TPSA) is 17.8 Å². The van der Waals surface area contributed by atoms with Crippen LogP contribution in [0.15, 0.2) is 19.1 Å². The summed E-state index contributed by atoms with van der Waals surface area (Å²) in [5.74, 6) is 0. The summed E-state index contributed by atoms with van der Waals surface area (Å²) in [6, 6.07) is 0. The number of nitrogens with zero attached hydrogens (tertiary/aromatic N) is 2. The lowest BCUT2D eigenvalue weighted by Gasteiger charge is -2.05. The highest BCUT2D eigenvalue weighted by atomic mass is 19.4. The molecular weight excluding hydrogens is 157 g/mol. The van der Waals surface area contributed by atoms with Gasteiger partial charge >= 0.3 is 6.18 Å². The van der Waals surface area contributed by atoms with Crippen LogP contribution < -0.4 is 0 Å². The number of aromatic nitrogens is 2. The van der Waals surface area contributed by atoms with Crippen molar-refractivity contribution in [3.63, 3.8) is 0 Å². The van der Waals surface area contributed by atoms with Crippen LogP contribution in [-0.2, 0) is 6.18 Å². The van der Waals surface area contributed by atoms with Gasteiger partial charge < -0.3 is 4.57 Å². The highest BCUT2D eigenvalue weighted by Crippen LogP contribution is 2.28. The Balaban J connectivity index is 3.12. The second kappa shape index (κ2) is 2.41.